The monoisotopic (exact) mass is 547 g/mol. The van der Waals surface area contributed by atoms with Gasteiger partial charge in [0.15, 0.2) is 23.8 Å². The molecule has 0 aromatic carbocycles. The van der Waals surface area contributed by atoms with Gasteiger partial charge in [0, 0.05) is 31.4 Å². The fourth-order valence-corrected chi connectivity index (χ4v) is 4.90. The first-order valence-electron chi connectivity index (χ1n) is 13.0. The van der Waals surface area contributed by atoms with Crippen LogP contribution >= 0.6 is 0 Å². The maximum absolute atomic E-state index is 11.9. The van der Waals surface area contributed by atoms with Crippen molar-refractivity contribution in [2.45, 2.75) is 51.5 Å². The summed E-state index contributed by atoms with van der Waals surface area (Å²) < 4.78 is 12.4. The van der Waals surface area contributed by atoms with Crippen LogP contribution in [0.4, 0.5) is 10.6 Å². The Kier molecular flexibility index (Phi) is 6.11. The minimum absolute atomic E-state index is 0.204. The number of amides is 1. The molecule has 0 spiro atoms. The highest BCUT2D eigenvalue weighted by molar-refractivity contribution is 6.00. The number of nitrogens with zero attached hydrogens (tertiary/aromatic N) is 8. The van der Waals surface area contributed by atoms with Gasteiger partial charge in [0.1, 0.15) is 23.5 Å². The number of aliphatic carboxylic acids is 1. The number of fused-ring (bicyclic) bond motifs is 1. The fraction of sp³-hybridized carbons (Fsp3) is 0.462. The molecular weight excluding hydrogens is 518 g/mol. The number of carbonyl (C=O) groups excluding carboxylic acids is 1. The van der Waals surface area contributed by atoms with Gasteiger partial charge in [-0.3, -0.25) is 0 Å². The molecule has 4 aromatic rings. The minimum atomic E-state index is -1.18. The zero-order valence-corrected chi connectivity index (χ0v) is 22.4. The highest BCUT2D eigenvalue weighted by atomic mass is 16.6. The van der Waals surface area contributed by atoms with Gasteiger partial charge in [0.05, 0.1) is 16.5 Å². The van der Waals surface area contributed by atoms with Gasteiger partial charge in [-0.1, -0.05) is 5.16 Å². The van der Waals surface area contributed by atoms with Crippen LogP contribution in [0.5, 0.6) is 0 Å². The van der Waals surface area contributed by atoms with Gasteiger partial charge in [-0.2, -0.15) is 5.10 Å². The summed E-state index contributed by atoms with van der Waals surface area (Å²) in [5.74, 6) is 0.766. The second-order valence-corrected chi connectivity index (χ2v) is 11.3. The highest BCUT2D eigenvalue weighted by Gasteiger charge is 2.37. The zero-order valence-electron chi connectivity index (χ0n) is 22.4. The molecule has 1 saturated carbocycles. The quantitative estimate of drug-likeness (QED) is 0.345. The number of carboxylic acid groups (broad SMARTS) is 1. The first kappa shape index (κ1) is 25.6. The van der Waals surface area contributed by atoms with Gasteiger partial charge in [0.2, 0.25) is 0 Å². The van der Waals surface area contributed by atoms with Gasteiger partial charge in [-0.25, -0.2) is 34.2 Å². The summed E-state index contributed by atoms with van der Waals surface area (Å²) in [6, 6.07) is 0. The molecule has 6 rings (SSSR count). The Bertz CT molecular complexity index is 1600. The van der Waals surface area contributed by atoms with Crippen molar-refractivity contribution < 1.29 is 24.0 Å². The van der Waals surface area contributed by atoms with E-state index in [2.05, 4.69) is 25.1 Å². The highest BCUT2D eigenvalue weighted by Crippen LogP contribution is 2.48. The third-order valence-corrected chi connectivity index (χ3v) is 7.01. The standard InChI is InChI=1S/C26H29N9O5/c1-26(2,3)35-24-18(22(27)30-12-31-24)19(32-35)20-17(21(40-33-20)15-4-5-15)23-28-7-13(8-29-23)6-14-9-34(10-14)25(38)39-11-16(36)37/h7-8,12,14-15H,4-6,9-11H2,1-3H3,(H,36,37)(H2,27,30,31). The van der Waals surface area contributed by atoms with E-state index in [1.807, 2.05) is 25.5 Å². The topological polar surface area (TPSA) is 188 Å². The average Bonchev–Trinajstić information content (AvgIpc) is 3.50. The van der Waals surface area contributed by atoms with Crippen molar-refractivity contribution in [3.8, 4) is 22.8 Å². The fourth-order valence-electron chi connectivity index (χ4n) is 4.90. The van der Waals surface area contributed by atoms with E-state index in [0.717, 1.165) is 24.2 Å². The molecule has 2 fully saturated rings. The van der Waals surface area contributed by atoms with Crippen molar-refractivity contribution >= 4 is 28.9 Å². The molecule has 1 amide bonds. The van der Waals surface area contributed by atoms with E-state index in [1.165, 1.54) is 11.2 Å². The molecule has 14 heteroatoms. The number of hydrogen-bond acceptors (Lipinski definition) is 11. The smallest absolute Gasteiger partial charge is 0.410 e. The minimum Gasteiger partial charge on any atom is -0.479 e. The summed E-state index contributed by atoms with van der Waals surface area (Å²) in [5.41, 5.74) is 9.17. The average molecular weight is 548 g/mol. The lowest BCUT2D eigenvalue weighted by molar-refractivity contribution is -0.140. The molecular formula is C26H29N9O5. The van der Waals surface area contributed by atoms with Crippen molar-refractivity contribution in [3.63, 3.8) is 0 Å². The van der Waals surface area contributed by atoms with Crippen LogP contribution in [-0.2, 0) is 21.5 Å². The molecule has 1 aliphatic carbocycles. The van der Waals surface area contributed by atoms with Crippen LogP contribution in [-0.4, -0.2) is 76.6 Å². The van der Waals surface area contributed by atoms with E-state index in [4.69, 9.17) is 25.2 Å². The lowest BCUT2D eigenvalue weighted by atomic mass is 9.94. The molecule has 4 aromatic heterocycles. The molecule has 1 saturated heterocycles. The van der Waals surface area contributed by atoms with Crippen LogP contribution in [0, 0.1) is 5.92 Å². The molecule has 40 heavy (non-hydrogen) atoms. The third kappa shape index (κ3) is 4.69. The van der Waals surface area contributed by atoms with E-state index < -0.39 is 18.7 Å². The predicted molar refractivity (Wildman–Crippen MR) is 141 cm³/mol. The number of anilines is 1. The predicted octanol–water partition coefficient (Wildman–Crippen LogP) is 2.85. The summed E-state index contributed by atoms with van der Waals surface area (Å²) in [4.78, 5) is 42.0. The largest absolute Gasteiger partial charge is 0.479 e. The Morgan fingerprint density at radius 2 is 1.85 bits per heavy atom. The van der Waals surface area contributed by atoms with Gasteiger partial charge in [0.25, 0.3) is 0 Å². The number of nitrogens with two attached hydrogens (primary N) is 1. The van der Waals surface area contributed by atoms with Crippen molar-refractivity contribution in [2.75, 3.05) is 25.4 Å². The summed E-state index contributed by atoms with van der Waals surface area (Å²) in [6.45, 7) is 6.41. The van der Waals surface area contributed by atoms with E-state index >= 15 is 0 Å². The van der Waals surface area contributed by atoms with Crippen LogP contribution in [0.1, 0.15) is 50.9 Å². The SMILES string of the molecule is CC(C)(C)n1nc(-c2noc(C3CC3)c2-c2ncc(CC3CN(C(=O)OCC(=O)O)C3)cn2)c2c(N)ncnc21. The molecule has 3 N–H and O–H groups in total. The summed E-state index contributed by atoms with van der Waals surface area (Å²) in [5, 5.41) is 18.6. The Morgan fingerprint density at radius 1 is 1.12 bits per heavy atom. The molecule has 14 nitrogen and oxygen atoms in total. The number of nitrogen functional groups attached to an aromatic ring is 1. The Labute approximate surface area is 228 Å². The third-order valence-electron chi connectivity index (χ3n) is 7.01. The van der Waals surface area contributed by atoms with Crippen LogP contribution in [0.15, 0.2) is 23.2 Å². The first-order chi connectivity index (χ1) is 19.1. The number of rotatable bonds is 7. The lowest BCUT2D eigenvalue weighted by Crippen LogP contribution is -2.51. The van der Waals surface area contributed by atoms with Crippen LogP contribution in [0.25, 0.3) is 33.8 Å². The van der Waals surface area contributed by atoms with Crippen LogP contribution in [0.3, 0.4) is 0 Å². The first-order valence-corrected chi connectivity index (χ1v) is 13.0. The van der Waals surface area contributed by atoms with Crippen molar-refractivity contribution in [1.29, 1.82) is 0 Å². The number of likely N-dealkylation sites (tertiary alicyclic amines) is 1. The molecule has 0 atom stereocenters. The second-order valence-electron chi connectivity index (χ2n) is 11.3. The number of carboxylic acids is 1. The van der Waals surface area contributed by atoms with Crippen molar-refractivity contribution in [3.05, 3.63) is 30.0 Å². The number of hydrogen-bond donors (Lipinski definition) is 2. The number of ether oxygens (including phenoxy) is 1. The molecule has 1 aliphatic heterocycles. The zero-order chi connectivity index (χ0) is 28.2. The Hall–Kier alpha value is -4.62. The number of aromatic nitrogens is 7. The van der Waals surface area contributed by atoms with Gasteiger partial charge in [-0.15, -0.1) is 0 Å². The summed E-state index contributed by atoms with van der Waals surface area (Å²) in [7, 11) is 0. The Morgan fingerprint density at radius 3 is 2.50 bits per heavy atom. The second kappa shape index (κ2) is 9.54. The van der Waals surface area contributed by atoms with Crippen LogP contribution < -0.4 is 5.73 Å². The van der Waals surface area contributed by atoms with E-state index in [-0.39, 0.29) is 17.4 Å². The number of carbonyl (C=O) groups is 2. The van der Waals surface area contributed by atoms with Crippen molar-refractivity contribution in [1.82, 2.24) is 39.8 Å². The maximum Gasteiger partial charge on any atom is 0.410 e. The molecule has 0 radical (unpaired) electrons. The van der Waals surface area contributed by atoms with E-state index in [0.29, 0.717) is 59.1 Å². The molecule has 2 aliphatic rings. The maximum atomic E-state index is 11.9. The van der Waals surface area contributed by atoms with Crippen LogP contribution in [0.2, 0.25) is 0 Å². The normalized spacial score (nSPS) is 15.8. The summed E-state index contributed by atoms with van der Waals surface area (Å²) in [6.07, 6.45) is 7.00. The molecule has 0 unspecified atom stereocenters. The van der Waals surface area contributed by atoms with E-state index in [1.54, 1.807) is 12.4 Å². The van der Waals surface area contributed by atoms with E-state index in [9.17, 15) is 9.59 Å². The molecule has 208 valence electrons. The lowest BCUT2D eigenvalue weighted by Gasteiger charge is -2.38. The van der Waals surface area contributed by atoms with Gasteiger partial charge in [-0.05, 0) is 51.5 Å². The van der Waals surface area contributed by atoms with Gasteiger partial charge >= 0.3 is 12.1 Å². The molecule has 5 heterocycles. The molecule has 0 bridgehead atoms. The van der Waals surface area contributed by atoms with Gasteiger partial charge < -0.3 is 25.0 Å². The van der Waals surface area contributed by atoms with Crippen molar-refractivity contribution in [2.24, 2.45) is 5.92 Å². The Balaban J connectivity index is 1.28. The summed E-state index contributed by atoms with van der Waals surface area (Å²) >= 11 is 0.